The van der Waals surface area contributed by atoms with Gasteiger partial charge in [0.1, 0.15) is 18.2 Å². The quantitative estimate of drug-likeness (QED) is 0.215. The van der Waals surface area contributed by atoms with Crippen LogP contribution in [0.3, 0.4) is 0 Å². The fourth-order valence-corrected chi connectivity index (χ4v) is 4.87. The Bertz CT molecular complexity index is 1460. The van der Waals surface area contributed by atoms with Gasteiger partial charge < -0.3 is 4.74 Å². The maximum atomic E-state index is 13.3. The third-order valence-corrected chi connectivity index (χ3v) is 6.47. The first-order chi connectivity index (χ1) is 16.2. The molecule has 4 rings (SSSR count). The zero-order chi connectivity index (χ0) is 24.4. The Balaban J connectivity index is 1.77. The number of ether oxygens (including phenoxy) is 1. The van der Waals surface area contributed by atoms with E-state index in [0.29, 0.717) is 44.1 Å². The average Bonchev–Trinajstić information content (AvgIpc) is 2.78. The van der Waals surface area contributed by atoms with Gasteiger partial charge in [-0.15, -0.1) is 0 Å². The van der Waals surface area contributed by atoms with Gasteiger partial charge in [0.15, 0.2) is 0 Å². The highest BCUT2D eigenvalue weighted by Crippen LogP contribution is 2.32. The van der Waals surface area contributed by atoms with E-state index in [0.717, 1.165) is 15.6 Å². The number of hydrogen-bond acceptors (Lipinski definition) is 4. The molecule has 0 unspecified atom stereocenters. The predicted molar refractivity (Wildman–Crippen MR) is 145 cm³/mol. The van der Waals surface area contributed by atoms with Gasteiger partial charge in [-0.3, -0.25) is 4.79 Å². The minimum absolute atomic E-state index is 0.0129. The Morgan fingerprint density at radius 2 is 1.94 bits per heavy atom. The van der Waals surface area contributed by atoms with E-state index in [4.69, 9.17) is 21.3 Å². The number of aryl methyl sites for hydroxylation is 1. The van der Waals surface area contributed by atoms with E-state index < -0.39 is 0 Å². The smallest absolute Gasteiger partial charge is 0.282 e. The lowest BCUT2D eigenvalue weighted by atomic mass is 10.1. The molecule has 174 valence electrons. The van der Waals surface area contributed by atoms with Crippen molar-refractivity contribution in [1.29, 1.82) is 0 Å². The van der Waals surface area contributed by atoms with E-state index in [2.05, 4.69) is 43.0 Å². The fraction of sp³-hybridized carbons (Fsp3) is 0.192. The monoisotopic (exact) mass is 601 g/mol. The van der Waals surface area contributed by atoms with Crippen LogP contribution in [0.1, 0.15) is 42.3 Å². The van der Waals surface area contributed by atoms with E-state index in [1.54, 1.807) is 24.4 Å². The molecule has 0 atom stereocenters. The van der Waals surface area contributed by atoms with Gasteiger partial charge in [-0.1, -0.05) is 71.2 Å². The highest BCUT2D eigenvalue weighted by molar-refractivity contribution is 9.10. The molecule has 3 aromatic carbocycles. The van der Waals surface area contributed by atoms with E-state index >= 15 is 0 Å². The summed E-state index contributed by atoms with van der Waals surface area (Å²) in [6.07, 6.45) is 1.58. The Morgan fingerprint density at radius 3 is 2.68 bits per heavy atom. The molecule has 0 amide bonds. The molecule has 1 aromatic heterocycles. The lowest BCUT2D eigenvalue weighted by Crippen LogP contribution is -2.23. The molecule has 4 aromatic rings. The van der Waals surface area contributed by atoms with Gasteiger partial charge in [0.25, 0.3) is 5.56 Å². The van der Waals surface area contributed by atoms with E-state index in [-0.39, 0.29) is 11.5 Å². The largest absolute Gasteiger partial charge is 0.487 e. The summed E-state index contributed by atoms with van der Waals surface area (Å²) in [6, 6.07) is 17.1. The van der Waals surface area contributed by atoms with Crippen molar-refractivity contribution in [3.05, 3.63) is 101 Å². The first-order valence-corrected chi connectivity index (χ1v) is 12.6. The van der Waals surface area contributed by atoms with Crippen molar-refractivity contribution in [3.63, 3.8) is 0 Å². The number of aromatic nitrogens is 2. The van der Waals surface area contributed by atoms with Gasteiger partial charge in [-0.05, 0) is 58.7 Å². The zero-order valence-electron chi connectivity index (χ0n) is 18.8. The summed E-state index contributed by atoms with van der Waals surface area (Å²) in [5, 5.41) is 5.54. The molecule has 0 fully saturated rings. The van der Waals surface area contributed by atoms with Crippen LogP contribution in [0.2, 0.25) is 5.02 Å². The standard InChI is InChI=1S/C26H22Br2ClN3O2/c1-15(2)25-31-23-8-7-19(27)11-21(23)26(33)32(25)30-13-18-10-20(29)12-22(28)24(18)34-14-17-6-4-5-16(3)9-17/h4-13,15H,14H2,1-3H3. The number of rotatable bonds is 6. The second-order valence-electron chi connectivity index (χ2n) is 8.23. The van der Waals surface area contributed by atoms with Crippen molar-refractivity contribution < 1.29 is 4.74 Å². The normalized spacial score (nSPS) is 11.6. The summed E-state index contributed by atoms with van der Waals surface area (Å²) in [5.41, 5.74) is 3.25. The summed E-state index contributed by atoms with van der Waals surface area (Å²) in [4.78, 5) is 18.0. The minimum atomic E-state index is -0.241. The van der Waals surface area contributed by atoms with Crippen LogP contribution in [0.25, 0.3) is 10.9 Å². The minimum Gasteiger partial charge on any atom is -0.487 e. The molecule has 0 saturated heterocycles. The van der Waals surface area contributed by atoms with Crippen LogP contribution in [-0.4, -0.2) is 15.9 Å². The Morgan fingerprint density at radius 1 is 1.15 bits per heavy atom. The third kappa shape index (κ3) is 5.43. The SMILES string of the molecule is Cc1cccc(COc2c(Br)cc(Cl)cc2C=Nn2c(C(C)C)nc3ccc(Br)cc3c2=O)c1. The second kappa shape index (κ2) is 10.4. The van der Waals surface area contributed by atoms with E-state index in [9.17, 15) is 4.79 Å². The van der Waals surface area contributed by atoms with Gasteiger partial charge in [-0.25, -0.2) is 4.98 Å². The van der Waals surface area contributed by atoms with Crippen molar-refractivity contribution in [2.75, 3.05) is 0 Å². The molecule has 8 heteroatoms. The molecule has 1 heterocycles. The highest BCUT2D eigenvalue weighted by atomic mass is 79.9. The highest BCUT2D eigenvalue weighted by Gasteiger charge is 2.15. The molecule has 0 spiro atoms. The molecule has 34 heavy (non-hydrogen) atoms. The van der Waals surface area contributed by atoms with E-state index in [1.165, 1.54) is 4.68 Å². The van der Waals surface area contributed by atoms with Gasteiger partial charge in [0.2, 0.25) is 0 Å². The third-order valence-electron chi connectivity index (χ3n) is 5.16. The molecule has 0 aliphatic carbocycles. The van der Waals surface area contributed by atoms with Crippen LogP contribution in [-0.2, 0) is 6.61 Å². The van der Waals surface area contributed by atoms with Gasteiger partial charge in [0, 0.05) is 21.0 Å². The van der Waals surface area contributed by atoms with Crippen molar-refractivity contribution in [2.24, 2.45) is 5.10 Å². The second-order valence-corrected chi connectivity index (χ2v) is 10.4. The van der Waals surface area contributed by atoms with Gasteiger partial charge in [-0.2, -0.15) is 9.78 Å². The first kappa shape index (κ1) is 24.6. The molecule has 0 aliphatic heterocycles. The van der Waals surface area contributed by atoms with Gasteiger partial charge >= 0.3 is 0 Å². The van der Waals surface area contributed by atoms with E-state index in [1.807, 2.05) is 51.1 Å². The molecular formula is C26H22Br2ClN3O2. The van der Waals surface area contributed by atoms with Crippen LogP contribution in [0.15, 0.2) is 73.4 Å². The molecule has 0 N–H and O–H groups in total. The zero-order valence-corrected chi connectivity index (χ0v) is 22.8. The van der Waals surface area contributed by atoms with Crippen molar-refractivity contribution in [1.82, 2.24) is 9.66 Å². The van der Waals surface area contributed by atoms with Crippen LogP contribution in [0.4, 0.5) is 0 Å². The number of hydrogen-bond donors (Lipinski definition) is 0. The molecule has 0 radical (unpaired) electrons. The Hall–Kier alpha value is -2.48. The predicted octanol–water partition coefficient (Wildman–Crippen LogP) is 7.47. The molecule has 0 aliphatic rings. The summed E-state index contributed by atoms with van der Waals surface area (Å²) >= 11 is 13.3. The summed E-state index contributed by atoms with van der Waals surface area (Å²) in [7, 11) is 0. The number of fused-ring (bicyclic) bond motifs is 1. The van der Waals surface area contributed by atoms with Crippen LogP contribution in [0, 0.1) is 6.92 Å². The molecule has 0 bridgehead atoms. The Kier molecular flexibility index (Phi) is 7.55. The summed E-state index contributed by atoms with van der Waals surface area (Å²) in [5.74, 6) is 1.14. The fourth-order valence-electron chi connectivity index (χ4n) is 3.56. The first-order valence-electron chi connectivity index (χ1n) is 10.7. The number of halogens is 3. The van der Waals surface area contributed by atoms with Crippen LogP contribution < -0.4 is 10.3 Å². The topological polar surface area (TPSA) is 56.5 Å². The number of benzene rings is 3. The average molecular weight is 604 g/mol. The van der Waals surface area contributed by atoms with Crippen molar-refractivity contribution in [2.45, 2.75) is 33.3 Å². The maximum Gasteiger partial charge on any atom is 0.282 e. The number of nitrogens with zero attached hydrogens (tertiary/aromatic N) is 3. The lowest BCUT2D eigenvalue weighted by Gasteiger charge is -2.14. The van der Waals surface area contributed by atoms with Crippen molar-refractivity contribution in [3.8, 4) is 5.75 Å². The molecule has 5 nitrogen and oxygen atoms in total. The lowest BCUT2D eigenvalue weighted by molar-refractivity contribution is 0.303. The molecule has 0 saturated carbocycles. The van der Waals surface area contributed by atoms with Crippen LogP contribution in [0.5, 0.6) is 5.75 Å². The van der Waals surface area contributed by atoms with Crippen molar-refractivity contribution >= 4 is 60.6 Å². The summed E-state index contributed by atoms with van der Waals surface area (Å²) in [6.45, 7) is 6.38. The maximum absolute atomic E-state index is 13.3. The van der Waals surface area contributed by atoms with Crippen LogP contribution >= 0.6 is 43.5 Å². The molecular weight excluding hydrogens is 582 g/mol. The summed E-state index contributed by atoms with van der Waals surface area (Å²) < 4.78 is 8.99. The van der Waals surface area contributed by atoms with Gasteiger partial charge in [0.05, 0.1) is 21.6 Å². The Labute approximate surface area is 219 Å².